The molecule has 5 heteroatoms. The van der Waals surface area contributed by atoms with E-state index in [1.54, 1.807) is 39.3 Å². The van der Waals surface area contributed by atoms with E-state index in [4.69, 9.17) is 4.74 Å². The molecule has 1 fully saturated rings. The summed E-state index contributed by atoms with van der Waals surface area (Å²) in [4.78, 5) is 25.2. The van der Waals surface area contributed by atoms with Crippen molar-refractivity contribution < 1.29 is 14.3 Å². The number of benzene rings is 1. The monoisotopic (exact) mass is 262 g/mol. The van der Waals surface area contributed by atoms with Crippen molar-refractivity contribution in [3.05, 3.63) is 29.3 Å². The second kappa shape index (κ2) is 5.30. The summed E-state index contributed by atoms with van der Waals surface area (Å²) in [6, 6.07) is 4.92. The van der Waals surface area contributed by atoms with Crippen molar-refractivity contribution in [1.82, 2.24) is 10.2 Å². The molecule has 102 valence electrons. The van der Waals surface area contributed by atoms with Gasteiger partial charge in [-0.25, -0.2) is 0 Å². The molecule has 1 N–H and O–H groups in total. The lowest BCUT2D eigenvalue weighted by Crippen LogP contribution is -2.23. The van der Waals surface area contributed by atoms with Crippen molar-refractivity contribution in [2.75, 3.05) is 21.1 Å². The molecule has 0 aromatic heterocycles. The van der Waals surface area contributed by atoms with Gasteiger partial charge in [-0.1, -0.05) is 0 Å². The number of nitrogens with zero attached hydrogens (tertiary/aromatic N) is 1. The van der Waals surface area contributed by atoms with Crippen molar-refractivity contribution in [3.63, 3.8) is 0 Å². The third kappa shape index (κ3) is 3.05. The van der Waals surface area contributed by atoms with Crippen LogP contribution in [0.1, 0.15) is 33.6 Å². The predicted molar refractivity (Wildman–Crippen MR) is 71.5 cm³/mol. The Balaban J connectivity index is 2.34. The Kier molecular flexibility index (Phi) is 3.74. The van der Waals surface area contributed by atoms with Gasteiger partial charge in [0.2, 0.25) is 0 Å². The number of hydrogen-bond donors (Lipinski definition) is 1. The number of carbonyl (C=O) groups excluding carboxylic acids is 2. The van der Waals surface area contributed by atoms with Gasteiger partial charge in [0.05, 0.1) is 11.7 Å². The van der Waals surface area contributed by atoms with Gasteiger partial charge in [0.1, 0.15) is 5.75 Å². The molecule has 1 aromatic carbocycles. The third-order valence-electron chi connectivity index (χ3n) is 2.92. The van der Waals surface area contributed by atoms with E-state index in [2.05, 4.69) is 5.32 Å². The second-order valence-electron chi connectivity index (χ2n) is 4.81. The summed E-state index contributed by atoms with van der Waals surface area (Å²) >= 11 is 0. The minimum absolute atomic E-state index is 0.107. The fourth-order valence-electron chi connectivity index (χ4n) is 1.70. The summed E-state index contributed by atoms with van der Waals surface area (Å²) in [6.07, 6.45) is 2.17. The molecule has 1 aliphatic carbocycles. The van der Waals surface area contributed by atoms with E-state index in [-0.39, 0.29) is 17.9 Å². The van der Waals surface area contributed by atoms with E-state index in [1.807, 2.05) is 0 Å². The second-order valence-corrected chi connectivity index (χ2v) is 4.81. The summed E-state index contributed by atoms with van der Waals surface area (Å²) in [5, 5.41) is 2.57. The van der Waals surface area contributed by atoms with Crippen molar-refractivity contribution in [1.29, 1.82) is 0 Å². The first-order valence-corrected chi connectivity index (χ1v) is 6.27. The Morgan fingerprint density at radius 2 is 2.00 bits per heavy atom. The van der Waals surface area contributed by atoms with Crippen LogP contribution in [0, 0.1) is 0 Å². The van der Waals surface area contributed by atoms with Crippen LogP contribution in [0.4, 0.5) is 0 Å². The standard InChI is InChI=1S/C14H18N2O3/c1-15-13(17)11-7-4-9(14(18)16(2)3)8-12(11)19-10-5-6-10/h4,7-8,10H,5-6H2,1-3H3,(H,15,17). The molecule has 0 radical (unpaired) electrons. The van der Waals surface area contributed by atoms with Gasteiger partial charge < -0.3 is 15.0 Å². The van der Waals surface area contributed by atoms with Crippen LogP contribution in [0.15, 0.2) is 18.2 Å². The van der Waals surface area contributed by atoms with Crippen LogP contribution in [-0.2, 0) is 0 Å². The molecule has 0 saturated heterocycles. The van der Waals surface area contributed by atoms with Gasteiger partial charge >= 0.3 is 0 Å². The fourth-order valence-corrected chi connectivity index (χ4v) is 1.70. The van der Waals surface area contributed by atoms with E-state index in [1.165, 1.54) is 4.90 Å². The van der Waals surface area contributed by atoms with E-state index < -0.39 is 0 Å². The first kappa shape index (κ1) is 13.4. The molecule has 5 nitrogen and oxygen atoms in total. The lowest BCUT2D eigenvalue weighted by Gasteiger charge is -2.14. The van der Waals surface area contributed by atoms with Gasteiger partial charge in [-0.05, 0) is 31.0 Å². The van der Waals surface area contributed by atoms with Crippen molar-refractivity contribution in [3.8, 4) is 5.75 Å². The largest absolute Gasteiger partial charge is 0.490 e. The quantitative estimate of drug-likeness (QED) is 0.889. The van der Waals surface area contributed by atoms with Crippen LogP contribution in [0.2, 0.25) is 0 Å². The summed E-state index contributed by atoms with van der Waals surface area (Å²) in [7, 11) is 4.95. The summed E-state index contributed by atoms with van der Waals surface area (Å²) in [5.41, 5.74) is 0.984. The first-order valence-electron chi connectivity index (χ1n) is 6.27. The Morgan fingerprint density at radius 3 is 2.53 bits per heavy atom. The Bertz CT molecular complexity index is 507. The normalized spacial score (nSPS) is 13.8. The minimum atomic E-state index is -0.209. The molecule has 1 saturated carbocycles. The molecular weight excluding hydrogens is 244 g/mol. The Labute approximate surface area is 112 Å². The highest BCUT2D eigenvalue weighted by Crippen LogP contribution is 2.30. The van der Waals surface area contributed by atoms with Crippen LogP contribution >= 0.6 is 0 Å². The Morgan fingerprint density at radius 1 is 1.32 bits per heavy atom. The lowest BCUT2D eigenvalue weighted by molar-refractivity contribution is 0.0826. The maximum absolute atomic E-state index is 11.9. The minimum Gasteiger partial charge on any atom is -0.490 e. The van der Waals surface area contributed by atoms with Crippen LogP contribution < -0.4 is 10.1 Å². The third-order valence-corrected chi connectivity index (χ3v) is 2.92. The highest BCUT2D eigenvalue weighted by Gasteiger charge is 2.26. The van der Waals surface area contributed by atoms with Gasteiger partial charge in [0.15, 0.2) is 0 Å². The summed E-state index contributed by atoms with van der Waals surface area (Å²) in [6.45, 7) is 0. The van der Waals surface area contributed by atoms with Gasteiger partial charge in [-0.2, -0.15) is 0 Å². The Hall–Kier alpha value is -2.04. The maximum Gasteiger partial charge on any atom is 0.254 e. The average Bonchev–Trinajstić information content (AvgIpc) is 3.20. The number of ether oxygens (including phenoxy) is 1. The van der Waals surface area contributed by atoms with Crippen molar-refractivity contribution in [2.24, 2.45) is 0 Å². The van der Waals surface area contributed by atoms with Crippen LogP contribution in [0.25, 0.3) is 0 Å². The van der Waals surface area contributed by atoms with Crippen molar-refractivity contribution in [2.45, 2.75) is 18.9 Å². The van der Waals surface area contributed by atoms with E-state index in [0.29, 0.717) is 16.9 Å². The molecule has 0 spiro atoms. The molecule has 2 amide bonds. The van der Waals surface area contributed by atoms with E-state index >= 15 is 0 Å². The van der Waals surface area contributed by atoms with Crippen LogP contribution in [0.3, 0.4) is 0 Å². The van der Waals surface area contributed by atoms with Crippen molar-refractivity contribution >= 4 is 11.8 Å². The fraction of sp³-hybridized carbons (Fsp3) is 0.429. The molecule has 0 bridgehead atoms. The van der Waals surface area contributed by atoms with Gasteiger partial charge in [0.25, 0.3) is 11.8 Å². The molecule has 1 aliphatic rings. The van der Waals surface area contributed by atoms with Gasteiger partial charge in [-0.3, -0.25) is 9.59 Å². The number of carbonyl (C=O) groups is 2. The number of nitrogens with one attached hydrogen (secondary N) is 1. The highest BCUT2D eigenvalue weighted by molar-refractivity contribution is 6.00. The molecule has 0 aliphatic heterocycles. The molecule has 2 rings (SSSR count). The topological polar surface area (TPSA) is 58.6 Å². The van der Waals surface area contributed by atoms with E-state index in [9.17, 15) is 9.59 Å². The molecule has 0 atom stereocenters. The molecule has 0 heterocycles. The SMILES string of the molecule is CNC(=O)c1ccc(C(=O)N(C)C)cc1OC1CC1. The average molecular weight is 262 g/mol. The summed E-state index contributed by atoms with van der Waals surface area (Å²) < 4.78 is 5.72. The number of amides is 2. The number of hydrogen-bond acceptors (Lipinski definition) is 3. The number of rotatable bonds is 4. The molecular formula is C14H18N2O3. The van der Waals surface area contributed by atoms with Gasteiger partial charge in [0, 0.05) is 26.7 Å². The smallest absolute Gasteiger partial charge is 0.254 e. The predicted octanol–water partition coefficient (Wildman–Crippen LogP) is 1.29. The first-order chi connectivity index (χ1) is 9.02. The zero-order chi connectivity index (χ0) is 14.0. The zero-order valence-electron chi connectivity index (χ0n) is 11.4. The molecule has 19 heavy (non-hydrogen) atoms. The lowest BCUT2D eigenvalue weighted by atomic mass is 10.1. The zero-order valence-corrected chi connectivity index (χ0v) is 11.4. The highest BCUT2D eigenvalue weighted by atomic mass is 16.5. The van der Waals surface area contributed by atoms with E-state index in [0.717, 1.165) is 12.8 Å². The maximum atomic E-state index is 11.9. The van der Waals surface area contributed by atoms with Crippen LogP contribution in [0.5, 0.6) is 5.75 Å². The summed E-state index contributed by atoms with van der Waals surface area (Å²) in [5.74, 6) is 0.165. The van der Waals surface area contributed by atoms with Gasteiger partial charge in [-0.15, -0.1) is 0 Å². The van der Waals surface area contributed by atoms with Crippen LogP contribution in [-0.4, -0.2) is 44.0 Å². The molecule has 0 unspecified atom stereocenters. The molecule has 1 aromatic rings.